The molecule has 2 nitrogen and oxygen atoms in total. The van der Waals surface area contributed by atoms with Gasteiger partial charge in [0.2, 0.25) is 0 Å². The molecule has 0 unspecified atom stereocenters. The van der Waals surface area contributed by atoms with Gasteiger partial charge in [-0.3, -0.25) is 0 Å². The molecule has 0 amide bonds. The van der Waals surface area contributed by atoms with Crippen molar-refractivity contribution in [2.75, 3.05) is 5.32 Å². The first-order chi connectivity index (χ1) is 9.13. The number of ether oxygens (including phenoxy) is 1. The SMILES string of the molecule is CC(C)Oc1cccc(CNc2cccc(Cl)c2)c1. The van der Waals surface area contributed by atoms with Gasteiger partial charge >= 0.3 is 0 Å². The summed E-state index contributed by atoms with van der Waals surface area (Å²) in [4.78, 5) is 0. The summed E-state index contributed by atoms with van der Waals surface area (Å²) in [5.41, 5.74) is 2.20. The Hall–Kier alpha value is -1.67. The van der Waals surface area contributed by atoms with E-state index in [0.717, 1.165) is 23.0 Å². The first-order valence-corrected chi connectivity index (χ1v) is 6.76. The van der Waals surface area contributed by atoms with E-state index in [0.29, 0.717) is 0 Å². The summed E-state index contributed by atoms with van der Waals surface area (Å²) in [6, 6.07) is 15.8. The second kappa shape index (κ2) is 6.48. The van der Waals surface area contributed by atoms with Gasteiger partial charge in [0.05, 0.1) is 6.10 Å². The molecule has 19 heavy (non-hydrogen) atoms. The molecule has 0 atom stereocenters. The fourth-order valence-corrected chi connectivity index (χ4v) is 1.99. The quantitative estimate of drug-likeness (QED) is 0.851. The van der Waals surface area contributed by atoms with Crippen LogP contribution >= 0.6 is 11.6 Å². The number of halogens is 1. The molecule has 2 aromatic carbocycles. The molecule has 0 aliphatic heterocycles. The largest absolute Gasteiger partial charge is 0.491 e. The number of anilines is 1. The Kier molecular flexibility index (Phi) is 4.69. The lowest BCUT2D eigenvalue weighted by Gasteiger charge is -2.12. The van der Waals surface area contributed by atoms with Crippen LogP contribution in [0.15, 0.2) is 48.5 Å². The third kappa shape index (κ3) is 4.49. The maximum atomic E-state index is 5.95. The van der Waals surface area contributed by atoms with Gasteiger partial charge in [0, 0.05) is 17.3 Å². The summed E-state index contributed by atoms with van der Waals surface area (Å²) in [5.74, 6) is 0.903. The minimum Gasteiger partial charge on any atom is -0.491 e. The van der Waals surface area contributed by atoms with E-state index in [9.17, 15) is 0 Å². The second-order valence-electron chi connectivity index (χ2n) is 4.68. The average Bonchev–Trinajstić information content (AvgIpc) is 2.36. The van der Waals surface area contributed by atoms with E-state index in [-0.39, 0.29) is 6.10 Å². The van der Waals surface area contributed by atoms with Crippen molar-refractivity contribution < 1.29 is 4.74 Å². The van der Waals surface area contributed by atoms with Crippen molar-refractivity contribution >= 4 is 17.3 Å². The van der Waals surface area contributed by atoms with E-state index in [4.69, 9.17) is 16.3 Å². The van der Waals surface area contributed by atoms with Crippen LogP contribution in [-0.4, -0.2) is 6.10 Å². The van der Waals surface area contributed by atoms with Crippen LogP contribution < -0.4 is 10.1 Å². The molecular formula is C16H18ClNO. The molecule has 0 fully saturated rings. The van der Waals surface area contributed by atoms with Gasteiger partial charge < -0.3 is 10.1 Å². The number of hydrogen-bond acceptors (Lipinski definition) is 2. The summed E-state index contributed by atoms with van der Waals surface area (Å²) in [5, 5.41) is 4.08. The third-order valence-corrected chi connectivity index (χ3v) is 2.83. The first kappa shape index (κ1) is 13.8. The molecule has 0 radical (unpaired) electrons. The predicted molar refractivity (Wildman–Crippen MR) is 81.0 cm³/mol. The molecule has 2 aromatic rings. The van der Waals surface area contributed by atoms with E-state index in [1.54, 1.807) is 0 Å². The fraction of sp³-hybridized carbons (Fsp3) is 0.250. The van der Waals surface area contributed by atoms with E-state index in [1.807, 2.05) is 50.2 Å². The van der Waals surface area contributed by atoms with Crippen LogP contribution in [0.5, 0.6) is 5.75 Å². The van der Waals surface area contributed by atoms with Crippen LogP contribution in [0.1, 0.15) is 19.4 Å². The highest BCUT2D eigenvalue weighted by Gasteiger charge is 2.00. The van der Waals surface area contributed by atoms with Crippen LogP contribution in [0.4, 0.5) is 5.69 Å². The number of nitrogens with one attached hydrogen (secondary N) is 1. The molecule has 0 spiro atoms. The Morgan fingerprint density at radius 3 is 2.63 bits per heavy atom. The van der Waals surface area contributed by atoms with Crippen LogP contribution in [0.2, 0.25) is 5.02 Å². The minimum absolute atomic E-state index is 0.191. The van der Waals surface area contributed by atoms with Crippen LogP contribution in [0.3, 0.4) is 0 Å². The number of benzene rings is 2. The molecule has 1 N–H and O–H groups in total. The van der Waals surface area contributed by atoms with Crippen molar-refractivity contribution in [1.29, 1.82) is 0 Å². The topological polar surface area (TPSA) is 21.3 Å². The minimum atomic E-state index is 0.191. The van der Waals surface area contributed by atoms with E-state index >= 15 is 0 Å². The molecule has 0 saturated heterocycles. The Balaban J connectivity index is 1.99. The van der Waals surface area contributed by atoms with Gasteiger partial charge in [-0.15, -0.1) is 0 Å². The fourth-order valence-electron chi connectivity index (χ4n) is 1.80. The summed E-state index contributed by atoms with van der Waals surface area (Å²) in [6.07, 6.45) is 0.191. The Morgan fingerprint density at radius 2 is 1.89 bits per heavy atom. The highest BCUT2D eigenvalue weighted by Crippen LogP contribution is 2.18. The van der Waals surface area contributed by atoms with Gasteiger partial charge in [-0.05, 0) is 49.7 Å². The maximum Gasteiger partial charge on any atom is 0.120 e. The summed E-state index contributed by atoms with van der Waals surface area (Å²) >= 11 is 5.95. The molecular weight excluding hydrogens is 258 g/mol. The predicted octanol–water partition coefficient (Wildman–Crippen LogP) is 4.74. The van der Waals surface area contributed by atoms with E-state index in [1.165, 1.54) is 5.56 Å². The highest BCUT2D eigenvalue weighted by atomic mass is 35.5. The van der Waals surface area contributed by atoms with Crippen LogP contribution in [-0.2, 0) is 6.54 Å². The van der Waals surface area contributed by atoms with Crippen molar-refractivity contribution in [1.82, 2.24) is 0 Å². The van der Waals surface area contributed by atoms with Gasteiger partial charge in [-0.25, -0.2) is 0 Å². The zero-order valence-corrected chi connectivity index (χ0v) is 11.9. The molecule has 0 aliphatic rings. The van der Waals surface area contributed by atoms with Gasteiger partial charge in [-0.1, -0.05) is 29.8 Å². The summed E-state index contributed by atoms with van der Waals surface area (Å²) in [6.45, 7) is 4.80. The van der Waals surface area contributed by atoms with Crippen LogP contribution in [0, 0.1) is 0 Å². The monoisotopic (exact) mass is 275 g/mol. The summed E-state index contributed by atoms with van der Waals surface area (Å²) < 4.78 is 5.68. The zero-order chi connectivity index (χ0) is 13.7. The van der Waals surface area contributed by atoms with Gasteiger partial charge in [-0.2, -0.15) is 0 Å². The maximum absolute atomic E-state index is 5.95. The van der Waals surface area contributed by atoms with Gasteiger partial charge in [0.15, 0.2) is 0 Å². The van der Waals surface area contributed by atoms with Crippen LogP contribution in [0.25, 0.3) is 0 Å². The van der Waals surface area contributed by atoms with Gasteiger partial charge in [0.25, 0.3) is 0 Å². The van der Waals surface area contributed by atoms with Crippen molar-refractivity contribution in [2.45, 2.75) is 26.5 Å². The van der Waals surface area contributed by atoms with Crippen molar-refractivity contribution in [3.63, 3.8) is 0 Å². The zero-order valence-electron chi connectivity index (χ0n) is 11.2. The van der Waals surface area contributed by atoms with E-state index < -0.39 is 0 Å². The molecule has 3 heteroatoms. The smallest absolute Gasteiger partial charge is 0.120 e. The lowest BCUT2D eigenvalue weighted by atomic mass is 10.2. The Labute approximate surface area is 119 Å². The standard InChI is InChI=1S/C16H18ClNO/c1-12(2)19-16-8-3-5-13(9-16)11-18-15-7-4-6-14(17)10-15/h3-10,12,18H,11H2,1-2H3. The van der Waals surface area contributed by atoms with Gasteiger partial charge in [0.1, 0.15) is 5.75 Å². The number of hydrogen-bond donors (Lipinski definition) is 1. The third-order valence-electron chi connectivity index (χ3n) is 2.59. The Bertz CT molecular complexity index is 540. The van der Waals surface area contributed by atoms with Crippen molar-refractivity contribution in [2.24, 2.45) is 0 Å². The van der Waals surface area contributed by atoms with E-state index in [2.05, 4.69) is 17.4 Å². The Morgan fingerprint density at radius 1 is 1.11 bits per heavy atom. The molecule has 100 valence electrons. The van der Waals surface area contributed by atoms with Crippen molar-refractivity contribution in [3.8, 4) is 5.75 Å². The number of rotatable bonds is 5. The molecule has 0 heterocycles. The second-order valence-corrected chi connectivity index (χ2v) is 5.11. The lowest BCUT2D eigenvalue weighted by Crippen LogP contribution is -2.06. The molecule has 0 saturated carbocycles. The molecule has 0 aromatic heterocycles. The highest BCUT2D eigenvalue weighted by molar-refractivity contribution is 6.30. The molecule has 2 rings (SSSR count). The average molecular weight is 276 g/mol. The summed E-state index contributed by atoms with van der Waals surface area (Å²) in [7, 11) is 0. The van der Waals surface area contributed by atoms with Crippen molar-refractivity contribution in [3.05, 3.63) is 59.1 Å². The normalized spacial score (nSPS) is 10.5. The first-order valence-electron chi connectivity index (χ1n) is 6.38. The lowest BCUT2D eigenvalue weighted by molar-refractivity contribution is 0.242. The molecule has 0 bridgehead atoms. The molecule has 0 aliphatic carbocycles.